The minimum atomic E-state index is -3.49. The Morgan fingerprint density at radius 2 is 1.79 bits per heavy atom. The Labute approximate surface area is 152 Å². The third kappa shape index (κ3) is 3.19. The molecule has 0 bridgehead atoms. The molecule has 1 unspecified atom stereocenters. The predicted octanol–water partition coefficient (Wildman–Crippen LogP) is 3.83. The summed E-state index contributed by atoms with van der Waals surface area (Å²) >= 11 is 12.2. The van der Waals surface area contributed by atoms with Crippen LogP contribution in [-0.2, 0) is 10.0 Å². The zero-order valence-corrected chi connectivity index (χ0v) is 15.4. The van der Waals surface area contributed by atoms with Crippen LogP contribution >= 0.6 is 23.2 Å². The van der Waals surface area contributed by atoms with Crippen LogP contribution in [0.1, 0.15) is 41.5 Å². The summed E-state index contributed by atoms with van der Waals surface area (Å²) in [5.41, 5.74) is 9.20. The molecule has 0 saturated heterocycles. The molecule has 3 N–H and O–H groups in total. The Morgan fingerprint density at radius 3 is 2.46 bits per heavy atom. The van der Waals surface area contributed by atoms with Gasteiger partial charge < -0.3 is 5.73 Å². The first-order valence-corrected chi connectivity index (χ1v) is 9.85. The number of fused-ring (bicyclic) bond motifs is 1. The van der Waals surface area contributed by atoms with Crippen molar-refractivity contribution < 1.29 is 8.42 Å². The highest BCUT2D eigenvalue weighted by Crippen LogP contribution is 2.42. The fourth-order valence-corrected chi connectivity index (χ4v) is 4.28. The Morgan fingerprint density at radius 1 is 1.04 bits per heavy atom. The SMILES string of the molecule is CNS(=O)(=O)c1ccc2c(c1)C(N)CC[C@H]2c1ccc(Cl)c(Cl)c1. The predicted molar refractivity (Wildman–Crippen MR) is 97.2 cm³/mol. The summed E-state index contributed by atoms with van der Waals surface area (Å²) in [6.45, 7) is 0. The van der Waals surface area contributed by atoms with Crippen molar-refractivity contribution >= 4 is 33.2 Å². The quantitative estimate of drug-likeness (QED) is 0.844. The molecule has 0 aromatic heterocycles. The van der Waals surface area contributed by atoms with Crippen LogP contribution < -0.4 is 10.5 Å². The third-order valence-corrected chi connectivity index (χ3v) is 6.68. The molecule has 2 atom stereocenters. The zero-order valence-electron chi connectivity index (χ0n) is 13.1. The van der Waals surface area contributed by atoms with E-state index in [4.69, 9.17) is 28.9 Å². The van der Waals surface area contributed by atoms with Crippen molar-refractivity contribution in [3.05, 3.63) is 63.1 Å². The van der Waals surface area contributed by atoms with Gasteiger partial charge in [0.25, 0.3) is 0 Å². The summed E-state index contributed by atoms with van der Waals surface area (Å²) in [4.78, 5) is 0.231. The van der Waals surface area contributed by atoms with E-state index < -0.39 is 10.0 Å². The van der Waals surface area contributed by atoms with E-state index in [9.17, 15) is 8.42 Å². The molecule has 2 aromatic carbocycles. The molecular weight excluding hydrogens is 367 g/mol. The Balaban J connectivity index is 2.09. The second-order valence-corrected chi connectivity index (χ2v) is 8.61. The van der Waals surface area contributed by atoms with Crippen molar-refractivity contribution in [3.63, 3.8) is 0 Å². The summed E-state index contributed by atoms with van der Waals surface area (Å²) in [7, 11) is -2.10. The normalized spacial score (nSPS) is 20.7. The maximum atomic E-state index is 12.0. The molecule has 1 aliphatic carbocycles. The Hall–Kier alpha value is -1.11. The van der Waals surface area contributed by atoms with E-state index in [1.54, 1.807) is 18.2 Å². The van der Waals surface area contributed by atoms with Crippen molar-refractivity contribution in [1.82, 2.24) is 4.72 Å². The molecule has 128 valence electrons. The number of sulfonamides is 1. The number of nitrogens with one attached hydrogen (secondary N) is 1. The lowest BCUT2D eigenvalue weighted by molar-refractivity contribution is 0.528. The topological polar surface area (TPSA) is 72.2 Å². The first-order chi connectivity index (χ1) is 11.3. The van der Waals surface area contributed by atoms with Crippen LogP contribution in [0.2, 0.25) is 10.0 Å². The number of hydrogen-bond acceptors (Lipinski definition) is 3. The van der Waals surface area contributed by atoms with Crippen molar-refractivity contribution in [2.75, 3.05) is 7.05 Å². The lowest BCUT2D eigenvalue weighted by Crippen LogP contribution is -2.23. The molecule has 0 amide bonds. The van der Waals surface area contributed by atoms with Gasteiger partial charge in [0.05, 0.1) is 14.9 Å². The highest BCUT2D eigenvalue weighted by atomic mass is 35.5. The van der Waals surface area contributed by atoms with Gasteiger partial charge >= 0.3 is 0 Å². The van der Waals surface area contributed by atoms with Crippen LogP contribution in [-0.4, -0.2) is 15.5 Å². The number of hydrogen-bond donors (Lipinski definition) is 2. The highest BCUT2D eigenvalue weighted by Gasteiger charge is 2.28. The monoisotopic (exact) mass is 384 g/mol. The molecule has 7 heteroatoms. The summed E-state index contributed by atoms with van der Waals surface area (Å²) in [6.07, 6.45) is 1.66. The second-order valence-electron chi connectivity index (χ2n) is 5.91. The summed E-state index contributed by atoms with van der Waals surface area (Å²) in [5, 5.41) is 1.03. The van der Waals surface area contributed by atoms with Gasteiger partial charge in [-0.3, -0.25) is 0 Å². The molecule has 0 aliphatic heterocycles. The van der Waals surface area contributed by atoms with Crippen molar-refractivity contribution in [2.24, 2.45) is 5.73 Å². The maximum absolute atomic E-state index is 12.0. The smallest absolute Gasteiger partial charge is 0.240 e. The number of nitrogens with two attached hydrogens (primary N) is 1. The van der Waals surface area contributed by atoms with Crippen LogP contribution in [0, 0.1) is 0 Å². The van der Waals surface area contributed by atoms with Gasteiger partial charge in [-0.05, 0) is 60.8 Å². The van der Waals surface area contributed by atoms with Crippen molar-refractivity contribution in [2.45, 2.75) is 29.7 Å². The van der Waals surface area contributed by atoms with Gasteiger partial charge in [-0.25, -0.2) is 13.1 Å². The van der Waals surface area contributed by atoms with E-state index in [2.05, 4.69) is 4.72 Å². The van der Waals surface area contributed by atoms with Crippen LogP contribution in [0.25, 0.3) is 0 Å². The van der Waals surface area contributed by atoms with Gasteiger partial charge in [0.2, 0.25) is 10.0 Å². The zero-order chi connectivity index (χ0) is 17.5. The van der Waals surface area contributed by atoms with Gasteiger partial charge in [0, 0.05) is 12.0 Å². The molecule has 24 heavy (non-hydrogen) atoms. The van der Waals surface area contributed by atoms with Crippen molar-refractivity contribution in [3.8, 4) is 0 Å². The first kappa shape index (κ1) is 17.7. The van der Waals surface area contributed by atoms with Gasteiger partial charge in [-0.1, -0.05) is 35.3 Å². The van der Waals surface area contributed by atoms with E-state index in [1.807, 2.05) is 18.2 Å². The number of halogens is 2. The van der Waals surface area contributed by atoms with Crippen LogP contribution in [0.15, 0.2) is 41.3 Å². The molecule has 1 aliphatic rings. The average Bonchev–Trinajstić information content (AvgIpc) is 2.57. The maximum Gasteiger partial charge on any atom is 0.240 e. The molecule has 0 spiro atoms. The molecule has 0 radical (unpaired) electrons. The second kappa shape index (κ2) is 6.65. The molecule has 0 saturated carbocycles. The van der Waals surface area contributed by atoms with Gasteiger partial charge in [0.1, 0.15) is 0 Å². The summed E-state index contributed by atoms with van der Waals surface area (Å²) in [5.74, 6) is 0.126. The standard InChI is InChI=1S/C17H18Cl2N2O2S/c1-21-24(22,23)11-3-4-13-12(5-7-17(20)14(13)9-11)10-2-6-15(18)16(19)8-10/h2-4,6,8-9,12,17,21H,5,7,20H2,1H3/t12-,17?/m0/s1. The van der Waals surface area contributed by atoms with E-state index >= 15 is 0 Å². The minimum absolute atomic E-state index is 0.126. The molecule has 0 heterocycles. The van der Waals surface area contributed by atoms with Gasteiger partial charge in [0.15, 0.2) is 0 Å². The molecular formula is C17H18Cl2N2O2S. The summed E-state index contributed by atoms with van der Waals surface area (Å²) in [6, 6.07) is 10.6. The Kier molecular flexibility index (Phi) is 4.91. The minimum Gasteiger partial charge on any atom is -0.324 e. The molecule has 4 nitrogen and oxygen atoms in total. The Bertz CT molecular complexity index is 884. The van der Waals surface area contributed by atoms with E-state index in [0.717, 1.165) is 29.5 Å². The van der Waals surface area contributed by atoms with Gasteiger partial charge in [-0.15, -0.1) is 0 Å². The average molecular weight is 385 g/mol. The van der Waals surface area contributed by atoms with Crippen LogP contribution in [0.3, 0.4) is 0 Å². The number of rotatable bonds is 3. The molecule has 2 aromatic rings. The third-order valence-electron chi connectivity index (χ3n) is 4.52. The summed E-state index contributed by atoms with van der Waals surface area (Å²) < 4.78 is 26.4. The van der Waals surface area contributed by atoms with E-state index in [0.29, 0.717) is 10.0 Å². The molecule has 3 rings (SSSR count). The van der Waals surface area contributed by atoms with Crippen LogP contribution in [0.4, 0.5) is 0 Å². The fraction of sp³-hybridized carbons (Fsp3) is 0.294. The highest BCUT2D eigenvalue weighted by molar-refractivity contribution is 7.89. The van der Waals surface area contributed by atoms with E-state index in [-0.39, 0.29) is 16.9 Å². The first-order valence-electron chi connectivity index (χ1n) is 7.61. The lowest BCUT2D eigenvalue weighted by Gasteiger charge is -2.30. The van der Waals surface area contributed by atoms with E-state index in [1.165, 1.54) is 7.05 Å². The lowest BCUT2D eigenvalue weighted by atomic mass is 9.77. The molecule has 0 fully saturated rings. The van der Waals surface area contributed by atoms with Crippen molar-refractivity contribution in [1.29, 1.82) is 0 Å². The van der Waals surface area contributed by atoms with Gasteiger partial charge in [-0.2, -0.15) is 0 Å². The van der Waals surface area contributed by atoms with Crippen LogP contribution in [0.5, 0.6) is 0 Å². The number of benzene rings is 2. The largest absolute Gasteiger partial charge is 0.324 e. The fourth-order valence-electron chi connectivity index (χ4n) is 3.21.